The van der Waals surface area contributed by atoms with E-state index in [1.54, 1.807) is 7.11 Å². The zero-order valence-electron chi connectivity index (χ0n) is 11.6. The highest BCUT2D eigenvalue weighted by Crippen LogP contribution is 2.28. The van der Waals surface area contributed by atoms with Gasteiger partial charge in [0.15, 0.2) is 0 Å². The summed E-state index contributed by atoms with van der Waals surface area (Å²) < 4.78 is 8.68. The molecule has 0 bridgehead atoms. The van der Waals surface area contributed by atoms with Crippen LogP contribution in [0.1, 0.15) is 32.0 Å². The lowest BCUT2D eigenvalue weighted by molar-refractivity contribution is 0.00842. The quantitative estimate of drug-likeness (QED) is 0.762. The van der Waals surface area contributed by atoms with Crippen LogP contribution in [0.5, 0.6) is 0 Å². The molecule has 3 nitrogen and oxygen atoms in total. The van der Waals surface area contributed by atoms with Crippen LogP contribution in [-0.4, -0.2) is 22.3 Å². The van der Waals surface area contributed by atoms with Crippen molar-refractivity contribution >= 4 is 38.6 Å². The van der Waals surface area contributed by atoms with Gasteiger partial charge in [-0.3, -0.25) is 0 Å². The maximum Gasteiger partial charge on any atom is 0.127 e. The second kappa shape index (κ2) is 5.43. The van der Waals surface area contributed by atoms with E-state index in [-0.39, 0.29) is 11.0 Å². The number of rotatable bonds is 4. The van der Waals surface area contributed by atoms with E-state index in [0.29, 0.717) is 6.54 Å². The van der Waals surface area contributed by atoms with Gasteiger partial charge in [-0.05, 0) is 39.0 Å². The topological polar surface area (TPSA) is 27.1 Å². The first kappa shape index (κ1) is 14.8. The normalized spacial score (nSPS) is 14.0. The molecule has 1 heterocycles. The van der Waals surface area contributed by atoms with Crippen molar-refractivity contribution in [3.05, 3.63) is 28.5 Å². The molecule has 5 heteroatoms. The van der Waals surface area contributed by atoms with E-state index in [1.165, 1.54) is 0 Å². The summed E-state index contributed by atoms with van der Waals surface area (Å²) in [6.07, 6.45) is 0. The van der Waals surface area contributed by atoms with Crippen LogP contribution in [-0.2, 0) is 11.3 Å². The maximum absolute atomic E-state index is 6.26. The van der Waals surface area contributed by atoms with Crippen molar-refractivity contribution < 1.29 is 4.74 Å². The van der Waals surface area contributed by atoms with Crippen molar-refractivity contribution in [2.24, 2.45) is 0 Å². The Morgan fingerprint density at radius 1 is 1.47 bits per heavy atom. The molecule has 0 amide bonds. The summed E-state index contributed by atoms with van der Waals surface area (Å²) in [5.41, 5.74) is 1.76. The van der Waals surface area contributed by atoms with E-state index in [2.05, 4.69) is 45.4 Å². The van der Waals surface area contributed by atoms with Gasteiger partial charge < -0.3 is 9.30 Å². The molecule has 0 radical (unpaired) electrons. The summed E-state index contributed by atoms with van der Waals surface area (Å²) >= 11 is 9.73. The molecule has 0 saturated heterocycles. The Hall–Kier alpha value is -0.580. The summed E-state index contributed by atoms with van der Waals surface area (Å²) in [5, 5.41) is -0.140. The Morgan fingerprint density at radius 2 is 2.16 bits per heavy atom. The van der Waals surface area contributed by atoms with Crippen LogP contribution >= 0.6 is 27.5 Å². The average molecular weight is 346 g/mol. The SMILES string of the molecule is COC(C)(C)Cn1c(C(C)Cl)nc2cc(Br)ccc21. The second-order valence-electron chi connectivity index (χ2n) is 5.27. The predicted molar refractivity (Wildman–Crippen MR) is 82.8 cm³/mol. The number of hydrogen-bond acceptors (Lipinski definition) is 2. The molecule has 0 N–H and O–H groups in total. The molecule has 1 aromatic heterocycles. The lowest BCUT2D eigenvalue weighted by atomic mass is 10.1. The zero-order valence-corrected chi connectivity index (χ0v) is 13.9. The van der Waals surface area contributed by atoms with Gasteiger partial charge >= 0.3 is 0 Å². The number of benzene rings is 1. The number of imidazole rings is 1. The average Bonchev–Trinajstić information content (AvgIpc) is 2.67. The summed E-state index contributed by atoms with van der Waals surface area (Å²) in [7, 11) is 1.72. The van der Waals surface area contributed by atoms with Gasteiger partial charge in [-0.2, -0.15) is 0 Å². The zero-order chi connectivity index (χ0) is 14.2. The van der Waals surface area contributed by atoms with E-state index in [4.69, 9.17) is 16.3 Å². The first-order chi connectivity index (χ1) is 8.84. The van der Waals surface area contributed by atoms with Crippen LogP contribution < -0.4 is 0 Å². The molecule has 2 rings (SSSR count). The van der Waals surface area contributed by atoms with Gasteiger partial charge in [-0.25, -0.2) is 4.98 Å². The summed E-state index contributed by atoms with van der Waals surface area (Å²) in [6.45, 7) is 6.77. The molecular weight excluding hydrogens is 328 g/mol. The molecule has 0 aliphatic carbocycles. The Bertz CT molecular complexity index is 592. The Labute approximate surface area is 127 Å². The molecule has 0 aliphatic heterocycles. The molecular formula is C14H18BrClN2O. The molecule has 1 atom stereocenters. The first-order valence-corrected chi connectivity index (χ1v) is 7.42. The Kier molecular flexibility index (Phi) is 4.23. The molecule has 1 unspecified atom stereocenters. The summed E-state index contributed by atoms with van der Waals surface area (Å²) in [6, 6.07) is 6.08. The van der Waals surface area contributed by atoms with Gasteiger partial charge in [0.1, 0.15) is 5.82 Å². The van der Waals surface area contributed by atoms with Gasteiger partial charge in [0.05, 0.1) is 28.6 Å². The molecule has 2 aromatic rings. The lowest BCUT2D eigenvalue weighted by Gasteiger charge is -2.25. The van der Waals surface area contributed by atoms with E-state index < -0.39 is 0 Å². The molecule has 0 spiro atoms. The van der Waals surface area contributed by atoms with Crippen molar-refractivity contribution in [1.82, 2.24) is 9.55 Å². The smallest absolute Gasteiger partial charge is 0.127 e. The number of nitrogens with zero attached hydrogens (tertiary/aromatic N) is 2. The monoisotopic (exact) mass is 344 g/mol. The minimum Gasteiger partial charge on any atom is -0.377 e. The Morgan fingerprint density at radius 3 is 2.74 bits per heavy atom. The third kappa shape index (κ3) is 3.12. The van der Waals surface area contributed by atoms with Crippen molar-refractivity contribution in [3.8, 4) is 0 Å². The number of fused-ring (bicyclic) bond motifs is 1. The van der Waals surface area contributed by atoms with E-state index in [0.717, 1.165) is 21.3 Å². The van der Waals surface area contributed by atoms with E-state index in [1.807, 2.05) is 19.1 Å². The summed E-state index contributed by atoms with van der Waals surface area (Å²) in [4.78, 5) is 4.64. The summed E-state index contributed by atoms with van der Waals surface area (Å²) in [5.74, 6) is 0.875. The fourth-order valence-electron chi connectivity index (χ4n) is 2.04. The minimum atomic E-state index is -0.263. The van der Waals surface area contributed by atoms with Crippen LogP contribution in [0.25, 0.3) is 11.0 Å². The van der Waals surface area contributed by atoms with E-state index >= 15 is 0 Å². The number of ether oxygens (including phenoxy) is 1. The van der Waals surface area contributed by atoms with Crippen molar-refractivity contribution in [2.45, 2.75) is 38.3 Å². The molecule has 19 heavy (non-hydrogen) atoms. The molecule has 1 aromatic carbocycles. The highest BCUT2D eigenvalue weighted by Gasteiger charge is 2.23. The van der Waals surface area contributed by atoms with Gasteiger partial charge in [-0.1, -0.05) is 15.9 Å². The van der Waals surface area contributed by atoms with Crippen molar-refractivity contribution in [1.29, 1.82) is 0 Å². The number of aromatic nitrogens is 2. The van der Waals surface area contributed by atoms with Crippen LogP contribution in [0.3, 0.4) is 0 Å². The number of methoxy groups -OCH3 is 1. The fraction of sp³-hybridized carbons (Fsp3) is 0.500. The largest absolute Gasteiger partial charge is 0.377 e. The molecule has 104 valence electrons. The molecule has 0 aliphatic rings. The standard InChI is InChI=1S/C14H18BrClN2O/c1-9(16)13-17-11-7-10(15)5-6-12(11)18(13)8-14(2,3)19-4/h5-7,9H,8H2,1-4H3. The van der Waals surface area contributed by atoms with Crippen LogP contribution in [0.2, 0.25) is 0 Å². The highest BCUT2D eigenvalue weighted by molar-refractivity contribution is 9.10. The second-order valence-corrected chi connectivity index (χ2v) is 6.84. The molecule has 0 fully saturated rings. The van der Waals surface area contributed by atoms with Crippen molar-refractivity contribution in [3.63, 3.8) is 0 Å². The fourth-order valence-corrected chi connectivity index (χ4v) is 2.55. The molecule has 0 saturated carbocycles. The van der Waals surface area contributed by atoms with Gasteiger partial charge in [0.2, 0.25) is 0 Å². The van der Waals surface area contributed by atoms with E-state index in [9.17, 15) is 0 Å². The van der Waals surface area contributed by atoms with Gasteiger partial charge in [-0.15, -0.1) is 11.6 Å². The lowest BCUT2D eigenvalue weighted by Crippen LogP contribution is -2.29. The third-order valence-electron chi connectivity index (χ3n) is 3.19. The van der Waals surface area contributed by atoms with Gasteiger partial charge in [0.25, 0.3) is 0 Å². The van der Waals surface area contributed by atoms with Crippen LogP contribution in [0.15, 0.2) is 22.7 Å². The number of halogens is 2. The van der Waals surface area contributed by atoms with Crippen LogP contribution in [0, 0.1) is 0 Å². The van der Waals surface area contributed by atoms with Crippen molar-refractivity contribution in [2.75, 3.05) is 7.11 Å². The number of hydrogen-bond donors (Lipinski definition) is 0. The highest BCUT2D eigenvalue weighted by atomic mass is 79.9. The predicted octanol–water partition coefficient (Wildman–Crippen LogP) is 4.52. The number of alkyl halides is 1. The minimum absolute atomic E-state index is 0.140. The van der Waals surface area contributed by atoms with Crippen LogP contribution in [0.4, 0.5) is 0 Å². The third-order valence-corrected chi connectivity index (χ3v) is 3.88. The maximum atomic E-state index is 6.26. The first-order valence-electron chi connectivity index (χ1n) is 6.19. The Balaban J connectivity index is 2.59. The van der Waals surface area contributed by atoms with Gasteiger partial charge in [0, 0.05) is 11.6 Å².